The summed E-state index contributed by atoms with van der Waals surface area (Å²) in [5, 5.41) is 24.5. The number of carboxylic acid groups (broad SMARTS) is 1. The second-order valence-electron chi connectivity index (χ2n) is 3.68. The predicted octanol–water partition coefficient (Wildman–Crippen LogP) is 0.247. The van der Waals surface area contributed by atoms with Crippen LogP contribution in [0.2, 0.25) is 0 Å². The van der Waals surface area contributed by atoms with Crippen molar-refractivity contribution in [1.29, 1.82) is 0 Å². The van der Waals surface area contributed by atoms with Gasteiger partial charge in [0.1, 0.15) is 5.52 Å². The van der Waals surface area contributed by atoms with Gasteiger partial charge >= 0.3 is 5.97 Å². The van der Waals surface area contributed by atoms with E-state index in [9.17, 15) is 4.79 Å². The zero-order chi connectivity index (χ0) is 12.7. The minimum atomic E-state index is -1.11. The standard InChI is InChI=1S/C10H8N6O2/c1-15-8(10(17)18)9(12-13-15)16-7-5-3-2-4-6(7)11-14-16/h2-5H,1H3,(H,17,18). The lowest BCUT2D eigenvalue weighted by Gasteiger charge is -1.99. The first-order valence-corrected chi connectivity index (χ1v) is 5.12. The van der Waals surface area contributed by atoms with E-state index in [-0.39, 0.29) is 11.5 Å². The summed E-state index contributed by atoms with van der Waals surface area (Å²) in [5.74, 6) is -0.962. The van der Waals surface area contributed by atoms with Crippen molar-refractivity contribution in [3.63, 3.8) is 0 Å². The Morgan fingerprint density at radius 2 is 2.00 bits per heavy atom. The van der Waals surface area contributed by atoms with Crippen molar-refractivity contribution in [2.45, 2.75) is 0 Å². The van der Waals surface area contributed by atoms with Crippen molar-refractivity contribution in [2.75, 3.05) is 0 Å². The van der Waals surface area contributed by atoms with Gasteiger partial charge in [-0.15, -0.1) is 10.2 Å². The number of fused-ring (bicyclic) bond motifs is 1. The molecule has 3 rings (SSSR count). The van der Waals surface area contributed by atoms with Crippen molar-refractivity contribution in [3.05, 3.63) is 30.0 Å². The van der Waals surface area contributed by atoms with E-state index in [1.807, 2.05) is 12.1 Å². The molecule has 0 aliphatic carbocycles. The van der Waals surface area contributed by atoms with Crippen LogP contribution >= 0.6 is 0 Å². The Kier molecular flexibility index (Phi) is 2.09. The minimum absolute atomic E-state index is 0.0364. The van der Waals surface area contributed by atoms with Gasteiger partial charge in [-0.1, -0.05) is 22.6 Å². The zero-order valence-electron chi connectivity index (χ0n) is 9.35. The van der Waals surface area contributed by atoms with Crippen LogP contribution in [-0.2, 0) is 7.05 Å². The molecule has 0 spiro atoms. The van der Waals surface area contributed by atoms with Crippen LogP contribution in [0.25, 0.3) is 16.9 Å². The normalized spacial score (nSPS) is 10.9. The lowest BCUT2D eigenvalue weighted by atomic mass is 10.3. The number of para-hydroxylation sites is 1. The molecule has 0 fully saturated rings. The van der Waals surface area contributed by atoms with Gasteiger partial charge in [0.25, 0.3) is 0 Å². The lowest BCUT2D eigenvalue weighted by Crippen LogP contribution is -2.10. The summed E-state index contributed by atoms with van der Waals surface area (Å²) in [6.07, 6.45) is 0. The number of aromatic nitrogens is 6. The Morgan fingerprint density at radius 3 is 2.78 bits per heavy atom. The van der Waals surface area contributed by atoms with Crippen molar-refractivity contribution in [2.24, 2.45) is 7.05 Å². The number of nitrogens with zero attached hydrogens (tertiary/aromatic N) is 6. The van der Waals surface area contributed by atoms with E-state index in [1.165, 1.54) is 16.4 Å². The van der Waals surface area contributed by atoms with Crippen LogP contribution in [0, 0.1) is 0 Å². The van der Waals surface area contributed by atoms with Gasteiger partial charge in [0.05, 0.1) is 5.52 Å². The highest BCUT2D eigenvalue weighted by molar-refractivity contribution is 5.90. The number of carboxylic acids is 1. The Hall–Kier alpha value is -2.77. The number of aryl methyl sites for hydroxylation is 1. The van der Waals surface area contributed by atoms with Crippen LogP contribution in [0.1, 0.15) is 10.5 Å². The highest BCUT2D eigenvalue weighted by Crippen LogP contribution is 2.16. The van der Waals surface area contributed by atoms with Crippen LogP contribution in [0.3, 0.4) is 0 Å². The van der Waals surface area contributed by atoms with Crippen LogP contribution < -0.4 is 0 Å². The molecule has 0 radical (unpaired) electrons. The number of benzene rings is 1. The Labute approximate surface area is 100 Å². The van der Waals surface area contributed by atoms with E-state index in [2.05, 4.69) is 20.6 Å². The van der Waals surface area contributed by atoms with Gasteiger partial charge in [-0.3, -0.25) is 0 Å². The molecule has 0 saturated heterocycles. The molecule has 2 aromatic heterocycles. The molecule has 1 N–H and O–H groups in total. The third-order valence-corrected chi connectivity index (χ3v) is 2.56. The predicted molar refractivity (Wildman–Crippen MR) is 60.4 cm³/mol. The van der Waals surface area contributed by atoms with E-state index < -0.39 is 5.97 Å². The maximum atomic E-state index is 11.2. The van der Waals surface area contributed by atoms with Crippen molar-refractivity contribution in [1.82, 2.24) is 30.0 Å². The van der Waals surface area contributed by atoms with Gasteiger partial charge in [-0.2, -0.15) is 4.68 Å². The van der Waals surface area contributed by atoms with E-state index in [4.69, 9.17) is 5.11 Å². The summed E-state index contributed by atoms with van der Waals surface area (Å²) in [5.41, 5.74) is 1.31. The molecule has 18 heavy (non-hydrogen) atoms. The van der Waals surface area contributed by atoms with Gasteiger partial charge in [0, 0.05) is 7.05 Å². The van der Waals surface area contributed by atoms with Crippen LogP contribution in [-0.4, -0.2) is 41.1 Å². The molecule has 0 aliphatic heterocycles. The lowest BCUT2D eigenvalue weighted by molar-refractivity contribution is 0.0685. The number of hydrogen-bond acceptors (Lipinski definition) is 5. The first-order chi connectivity index (χ1) is 8.68. The highest BCUT2D eigenvalue weighted by atomic mass is 16.4. The van der Waals surface area contributed by atoms with Gasteiger partial charge in [0.15, 0.2) is 5.69 Å². The minimum Gasteiger partial charge on any atom is -0.476 e. The summed E-state index contributed by atoms with van der Waals surface area (Å²) >= 11 is 0. The van der Waals surface area contributed by atoms with E-state index in [0.29, 0.717) is 11.0 Å². The molecule has 0 saturated carbocycles. The summed E-state index contributed by atoms with van der Waals surface area (Å²) in [7, 11) is 1.51. The Morgan fingerprint density at radius 1 is 1.22 bits per heavy atom. The largest absolute Gasteiger partial charge is 0.476 e. The summed E-state index contributed by atoms with van der Waals surface area (Å²) in [4.78, 5) is 11.2. The van der Waals surface area contributed by atoms with Crippen LogP contribution in [0.15, 0.2) is 24.3 Å². The molecule has 0 bridgehead atoms. The fourth-order valence-corrected chi connectivity index (χ4v) is 1.75. The molecule has 1 aromatic carbocycles. The number of rotatable bonds is 2. The van der Waals surface area contributed by atoms with Crippen molar-refractivity contribution < 1.29 is 9.90 Å². The summed E-state index contributed by atoms with van der Waals surface area (Å²) in [6, 6.07) is 7.22. The molecule has 0 amide bonds. The van der Waals surface area contributed by atoms with Gasteiger partial charge in [-0.25, -0.2) is 9.48 Å². The highest BCUT2D eigenvalue weighted by Gasteiger charge is 2.21. The first-order valence-electron chi connectivity index (χ1n) is 5.12. The third-order valence-electron chi connectivity index (χ3n) is 2.56. The smallest absolute Gasteiger partial charge is 0.358 e. The second-order valence-corrected chi connectivity index (χ2v) is 3.68. The van der Waals surface area contributed by atoms with Crippen molar-refractivity contribution >= 4 is 17.0 Å². The maximum Gasteiger partial charge on any atom is 0.358 e. The van der Waals surface area contributed by atoms with E-state index >= 15 is 0 Å². The zero-order valence-corrected chi connectivity index (χ0v) is 9.35. The number of carbonyl (C=O) groups is 1. The Bertz CT molecular complexity index is 744. The Balaban J connectivity index is 2.30. The molecular weight excluding hydrogens is 236 g/mol. The van der Waals surface area contributed by atoms with E-state index in [0.717, 1.165) is 0 Å². The quantitative estimate of drug-likeness (QED) is 0.693. The van der Waals surface area contributed by atoms with Gasteiger partial charge in [-0.05, 0) is 12.1 Å². The average Bonchev–Trinajstić information content (AvgIpc) is 2.92. The molecule has 90 valence electrons. The summed E-state index contributed by atoms with van der Waals surface area (Å²) in [6.45, 7) is 0. The van der Waals surface area contributed by atoms with Crippen molar-refractivity contribution in [3.8, 4) is 5.82 Å². The third kappa shape index (κ3) is 1.35. The molecule has 0 atom stereocenters. The van der Waals surface area contributed by atoms with Crippen LogP contribution in [0.5, 0.6) is 0 Å². The summed E-state index contributed by atoms with van der Waals surface area (Å²) < 4.78 is 2.56. The molecule has 3 aromatic rings. The van der Waals surface area contributed by atoms with Crippen LogP contribution in [0.4, 0.5) is 0 Å². The maximum absolute atomic E-state index is 11.2. The number of aromatic carboxylic acids is 1. The number of hydrogen-bond donors (Lipinski definition) is 1. The first kappa shape index (κ1) is 10.4. The molecule has 8 nitrogen and oxygen atoms in total. The van der Waals surface area contributed by atoms with Gasteiger partial charge < -0.3 is 5.11 Å². The molecular formula is C10H8N6O2. The molecule has 8 heteroatoms. The fraction of sp³-hybridized carbons (Fsp3) is 0.100. The second kappa shape index (κ2) is 3.62. The molecule has 0 aliphatic rings. The monoisotopic (exact) mass is 244 g/mol. The van der Waals surface area contributed by atoms with E-state index in [1.54, 1.807) is 12.1 Å². The van der Waals surface area contributed by atoms with Gasteiger partial charge in [0.2, 0.25) is 5.82 Å². The molecule has 2 heterocycles. The average molecular weight is 244 g/mol. The molecule has 0 unspecified atom stereocenters. The SMILES string of the molecule is Cn1nnc(-n2nnc3ccccc32)c1C(=O)O. The fourth-order valence-electron chi connectivity index (χ4n) is 1.75. The topological polar surface area (TPSA) is 98.7 Å².